The standard InChI is InChI=1S/C12H14N2O5/c1-19-12(16)11(9-5-3-2-4-6-9)13-10(15)7-8-14(17)18/h2-6,11H,7-8H2,1H3,(H,13,15)/t11-/m1/s1. The van der Waals surface area contributed by atoms with Gasteiger partial charge < -0.3 is 10.1 Å². The van der Waals surface area contributed by atoms with Gasteiger partial charge in [0.05, 0.1) is 13.5 Å². The number of ether oxygens (including phenoxy) is 1. The summed E-state index contributed by atoms with van der Waals surface area (Å²) in [7, 11) is 1.21. The maximum atomic E-state index is 11.6. The predicted octanol–water partition coefficient (Wildman–Crippen LogP) is 0.684. The zero-order chi connectivity index (χ0) is 14.3. The van der Waals surface area contributed by atoms with Gasteiger partial charge in [-0.15, -0.1) is 0 Å². The molecule has 1 amide bonds. The van der Waals surface area contributed by atoms with E-state index in [-0.39, 0.29) is 6.42 Å². The minimum atomic E-state index is -0.953. The number of esters is 1. The van der Waals surface area contributed by atoms with Crippen molar-refractivity contribution < 1.29 is 19.2 Å². The Balaban J connectivity index is 2.74. The third kappa shape index (κ3) is 4.74. The topological polar surface area (TPSA) is 98.5 Å². The fraction of sp³-hybridized carbons (Fsp3) is 0.333. The molecule has 0 heterocycles. The molecule has 0 bridgehead atoms. The lowest BCUT2D eigenvalue weighted by molar-refractivity contribution is -0.478. The van der Waals surface area contributed by atoms with Crippen LogP contribution in [0.25, 0.3) is 0 Å². The summed E-state index contributed by atoms with van der Waals surface area (Å²) in [5.41, 5.74) is 0.559. The summed E-state index contributed by atoms with van der Waals surface area (Å²) < 4.78 is 4.61. The van der Waals surface area contributed by atoms with Gasteiger partial charge in [0.25, 0.3) is 0 Å². The van der Waals surface area contributed by atoms with Gasteiger partial charge in [-0.25, -0.2) is 4.79 Å². The molecule has 0 spiro atoms. The van der Waals surface area contributed by atoms with Crippen LogP contribution in [0.2, 0.25) is 0 Å². The Morgan fingerprint density at radius 2 is 2.00 bits per heavy atom. The minimum absolute atomic E-state index is 0.284. The minimum Gasteiger partial charge on any atom is -0.467 e. The summed E-state index contributed by atoms with van der Waals surface area (Å²) in [5.74, 6) is -1.20. The highest BCUT2D eigenvalue weighted by Gasteiger charge is 2.23. The van der Waals surface area contributed by atoms with Crippen molar-refractivity contribution in [3.05, 3.63) is 46.0 Å². The fourth-order valence-corrected chi connectivity index (χ4v) is 1.47. The lowest BCUT2D eigenvalue weighted by Gasteiger charge is -2.16. The molecule has 0 aliphatic heterocycles. The monoisotopic (exact) mass is 266 g/mol. The van der Waals surface area contributed by atoms with Crippen molar-refractivity contribution in [3.63, 3.8) is 0 Å². The molecule has 0 fully saturated rings. The van der Waals surface area contributed by atoms with Crippen molar-refractivity contribution in [3.8, 4) is 0 Å². The van der Waals surface area contributed by atoms with E-state index in [1.54, 1.807) is 30.3 Å². The second-order valence-corrected chi connectivity index (χ2v) is 3.74. The third-order valence-corrected chi connectivity index (χ3v) is 2.40. The molecule has 0 saturated heterocycles. The lowest BCUT2D eigenvalue weighted by atomic mass is 10.1. The van der Waals surface area contributed by atoms with Crippen LogP contribution in [0.3, 0.4) is 0 Å². The number of benzene rings is 1. The second kappa shape index (κ2) is 7.10. The molecule has 1 aromatic rings. The number of nitro groups is 1. The fourth-order valence-electron chi connectivity index (χ4n) is 1.47. The Morgan fingerprint density at radius 1 is 1.37 bits per heavy atom. The molecule has 1 aromatic carbocycles. The maximum Gasteiger partial charge on any atom is 0.333 e. The molecule has 1 atom stereocenters. The predicted molar refractivity (Wildman–Crippen MR) is 65.8 cm³/mol. The average Bonchev–Trinajstić information content (AvgIpc) is 2.42. The second-order valence-electron chi connectivity index (χ2n) is 3.74. The first kappa shape index (κ1) is 14.6. The van der Waals surface area contributed by atoms with Gasteiger partial charge in [0, 0.05) is 4.92 Å². The van der Waals surface area contributed by atoms with E-state index >= 15 is 0 Å². The number of nitrogens with zero attached hydrogens (tertiary/aromatic N) is 1. The van der Waals surface area contributed by atoms with Crippen molar-refractivity contribution in [2.75, 3.05) is 13.7 Å². The number of hydrogen-bond donors (Lipinski definition) is 1. The van der Waals surface area contributed by atoms with Gasteiger partial charge in [0.15, 0.2) is 6.04 Å². The van der Waals surface area contributed by atoms with Gasteiger partial charge in [-0.1, -0.05) is 30.3 Å². The molecule has 1 rings (SSSR count). The molecule has 1 N–H and O–H groups in total. The molecule has 7 heteroatoms. The highest BCUT2D eigenvalue weighted by molar-refractivity contribution is 5.85. The highest BCUT2D eigenvalue weighted by Crippen LogP contribution is 2.14. The number of amides is 1. The van der Waals surface area contributed by atoms with Crippen LogP contribution >= 0.6 is 0 Å². The molecular weight excluding hydrogens is 252 g/mol. The van der Waals surface area contributed by atoms with E-state index < -0.39 is 29.4 Å². The molecule has 0 aliphatic rings. The maximum absolute atomic E-state index is 11.6. The Labute approximate surface area is 109 Å². The quantitative estimate of drug-likeness (QED) is 0.464. The number of nitrogens with one attached hydrogen (secondary N) is 1. The van der Waals surface area contributed by atoms with Gasteiger partial charge in [-0.3, -0.25) is 14.9 Å². The van der Waals surface area contributed by atoms with Gasteiger partial charge in [0.1, 0.15) is 0 Å². The van der Waals surface area contributed by atoms with E-state index in [2.05, 4.69) is 10.1 Å². The third-order valence-electron chi connectivity index (χ3n) is 2.40. The number of hydrogen-bond acceptors (Lipinski definition) is 5. The van der Waals surface area contributed by atoms with Gasteiger partial charge in [-0.2, -0.15) is 0 Å². The molecule has 0 radical (unpaired) electrons. The molecule has 0 unspecified atom stereocenters. The lowest BCUT2D eigenvalue weighted by Crippen LogP contribution is -2.35. The van der Waals surface area contributed by atoms with Crippen molar-refractivity contribution in [1.29, 1.82) is 0 Å². The largest absolute Gasteiger partial charge is 0.467 e. The smallest absolute Gasteiger partial charge is 0.333 e. The van der Waals surface area contributed by atoms with Crippen molar-refractivity contribution >= 4 is 11.9 Å². The summed E-state index contributed by atoms with van der Waals surface area (Å²) in [6, 6.07) is 7.57. The van der Waals surface area contributed by atoms with Crippen molar-refractivity contribution in [1.82, 2.24) is 5.32 Å². The zero-order valence-electron chi connectivity index (χ0n) is 10.4. The summed E-state index contributed by atoms with van der Waals surface area (Å²) in [6.45, 7) is -0.478. The van der Waals surface area contributed by atoms with Crippen LogP contribution in [0.15, 0.2) is 30.3 Å². The van der Waals surface area contributed by atoms with E-state index in [1.807, 2.05) is 0 Å². The van der Waals surface area contributed by atoms with E-state index in [4.69, 9.17) is 0 Å². The average molecular weight is 266 g/mol. The molecular formula is C12H14N2O5. The van der Waals surface area contributed by atoms with Crippen LogP contribution in [0.1, 0.15) is 18.0 Å². The number of carbonyl (C=O) groups is 2. The normalized spacial score (nSPS) is 11.4. The van der Waals surface area contributed by atoms with Crippen LogP contribution < -0.4 is 5.32 Å². The van der Waals surface area contributed by atoms with Crippen molar-refractivity contribution in [2.24, 2.45) is 0 Å². The first-order chi connectivity index (χ1) is 9.04. The first-order valence-electron chi connectivity index (χ1n) is 5.58. The first-order valence-corrected chi connectivity index (χ1v) is 5.58. The van der Waals surface area contributed by atoms with Crippen LogP contribution in [0.4, 0.5) is 0 Å². The van der Waals surface area contributed by atoms with Crippen LogP contribution in [-0.2, 0) is 14.3 Å². The Morgan fingerprint density at radius 3 is 2.53 bits per heavy atom. The van der Waals surface area contributed by atoms with Crippen LogP contribution in [0, 0.1) is 10.1 Å². The molecule has 0 aliphatic carbocycles. The SMILES string of the molecule is COC(=O)[C@H](NC(=O)CC[N+](=O)[O-])c1ccccc1. The van der Waals surface area contributed by atoms with E-state index in [0.29, 0.717) is 5.56 Å². The summed E-state index contributed by atoms with van der Waals surface area (Å²) in [6.07, 6.45) is -0.284. The summed E-state index contributed by atoms with van der Waals surface area (Å²) in [4.78, 5) is 32.7. The highest BCUT2D eigenvalue weighted by atomic mass is 16.6. The van der Waals surface area contributed by atoms with Crippen LogP contribution in [-0.4, -0.2) is 30.5 Å². The van der Waals surface area contributed by atoms with E-state index in [1.165, 1.54) is 7.11 Å². The molecule has 7 nitrogen and oxygen atoms in total. The number of methoxy groups -OCH3 is 1. The van der Waals surface area contributed by atoms with E-state index in [0.717, 1.165) is 0 Å². The molecule has 0 aromatic heterocycles. The summed E-state index contributed by atoms with van der Waals surface area (Å²) >= 11 is 0. The Bertz CT molecular complexity index is 460. The Kier molecular flexibility index (Phi) is 5.46. The van der Waals surface area contributed by atoms with Crippen LogP contribution in [0.5, 0.6) is 0 Å². The zero-order valence-corrected chi connectivity index (χ0v) is 10.4. The van der Waals surface area contributed by atoms with Gasteiger partial charge in [0.2, 0.25) is 12.5 Å². The van der Waals surface area contributed by atoms with Gasteiger partial charge >= 0.3 is 5.97 Å². The van der Waals surface area contributed by atoms with E-state index in [9.17, 15) is 19.7 Å². The molecule has 0 saturated carbocycles. The number of carbonyl (C=O) groups excluding carboxylic acids is 2. The number of rotatable bonds is 6. The molecule has 102 valence electrons. The van der Waals surface area contributed by atoms with Crippen molar-refractivity contribution in [2.45, 2.75) is 12.5 Å². The summed E-state index contributed by atoms with van der Waals surface area (Å²) in [5, 5.41) is 12.6. The molecule has 19 heavy (non-hydrogen) atoms. The Hall–Kier alpha value is -2.44. The van der Waals surface area contributed by atoms with Gasteiger partial charge in [-0.05, 0) is 5.56 Å².